The predicted octanol–water partition coefficient (Wildman–Crippen LogP) is -1.56. The van der Waals surface area contributed by atoms with E-state index in [4.69, 9.17) is 4.55 Å². The molecule has 0 heterocycles. The Bertz CT molecular complexity index is 282. The Balaban J connectivity index is 4.29. The zero-order valence-electron chi connectivity index (χ0n) is 3.88. The van der Waals surface area contributed by atoms with E-state index < -0.39 is 20.7 Å². The van der Waals surface area contributed by atoms with E-state index in [9.17, 15) is 16.8 Å². The predicted molar refractivity (Wildman–Crippen MR) is 27.6 cm³/mol. The second-order valence-corrected chi connectivity index (χ2v) is 2.64. The van der Waals surface area contributed by atoms with Gasteiger partial charge < -0.3 is 0 Å². The van der Waals surface area contributed by atoms with E-state index in [0.717, 1.165) is 0 Å². The lowest BCUT2D eigenvalue weighted by atomic mass is 11.7. The summed E-state index contributed by atoms with van der Waals surface area (Å²) in [4.78, 5) is 0. The monoisotopic (exact) mass is 174 g/mol. The fraction of sp³-hybridized carbons (Fsp3) is 0. The fourth-order valence-electron chi connectivity index (χ4n) is 0.0817. The van der Waals surface area contributed by atoms with Gasteiger partial charge in [0.25, 0.3) is 0 Å². The summed E-state index contributed by atoms with van der Waals surface area (Å²) in [5.74, 6) is 0. The third kappa shape index (κ3) is 7.56. The van der Waals surface area contributed by atoms with E-state index in [-0.39, 0.29) is 5.55 Å². The van der Waals surface area contributed by atoms with E-state index in [1.807, 2.05) is 0 Å². The summed E-state index contributed by atoms with van der Waals surface area (Å²) >= 11 is 0. The molecular weight excluding hydrogens is 172 g/mol. The average Bonchev–Trinajstić information content (AvgIpc) is 1.59. The highest BCUT2D eigenvalue weighted by Gasteiger charge is 1.99. The molecule has 0 aromatic rings. The minimum absolute atomic E-state index is 0.0463. The lowest BCUT2D eigenvalue weighted by Crippen LogP contribution is -2.01. The van der Waals surface area contributed by atoms with Crippen molar-refractivity contribution in [1.29, 1.82) is 0 Å². The van der Waals surface area contributed by atoms with E-state index in [1.165, 1.54) is 0 Å². The van der Waals surface area contributed by atoms with E-state index in [0.29, 0.717) is 0 Å². The van der Waals surface area contributed by atoms with Gasteiger partial charge in [-0.25, -0.2) is 4.18 Å². The van der Waals surface area contributed by atoms with E-state index >= 15 is 0 Å². The molecule has 0 aliphatic heterocycles. The topological polar surface area (TPSA) is 97.7 Å². The van der Waals surface area contributed by atoms with Crippen LogP contribution in [-0.4, -0.2) is 26.9 Å². The van der Waals surface area contributed by atoms with Crippen LogP contribution in [0, 0.1) is 0 Å². The maximum Gasteiger partial charge on any atom is 0.402 e. The first kappa shape index (κ1) is 8.56. The van der Waals surface area contributed by atoms with Crippen LogP contribution in [0.25, 0.3) is 0 Å². The Morgan fingerprint density at radius 1 is 1.44 bits per heavy atom. The first-order chi connectivity index (χ1) is 3.92. The summed E-state index contributed by atoms with van der Waals surface area (Å²) in [6.07, 6.45) is 0. The minimum atomic E-state index is -4.67. The Morgan fingerprint density at radius 2 is 1.89 bits per heavy atom. The molecule has 0 aliphatic carbocycles. The number of hydrogen-bond donors (Lipinski definition) is 1. The normalized spacial score (nSPS) is 10.8. The molecule has 0 saturated heterocycles. The molecule has 0 aromatic heterocycles. The Hall–Kier alpha value is -0.440. The fourth-order valence-corrected chi connectivity index (χ4v) is 0.735. The lowest BCUT2D eigenvalue weighted by molar-refractivity contribution is 0.391. The molecular formula is CH2O6S2. The summed E-state index contributed by atoms with van der Waals surface area (Å²) in [7, 11) is -7.42. The van der Waals surface area contributed by atoms with Crippen LogP contribution >= 0.6 is 0 Å². The van der Waals surface area contributed by atoms with Crippen LogP contribution in [0.1, 0.15) is 0 Å². The maximum atomic E-state index is 9.56. The summed E-state index contributed by atoms with van der Waals surface area (Å²) in [6.45, 7) is 0. The zero-order chi connectivity index (χ0) is 7.49. The van der Waals surface area contributed by atoms with Gasteiger partial charge in [-0.1, -0.05) is 0 Å². The van der Waals surface area contributed by atoms with E-state index in [1.54, 1.807) is 0 Å². The van der Waals surface area contributed by atoms with Crippen molar-refractivity contribution >= 4 is 26.2 Å². The molecule has 0 aromatic carbocycles. The van der Waals surface area contributed by atoms with Crippen LogP contribution < -0.4 is 0 Å². The molecule has 0 aliphatic rings. The van der Waals surface area contributed by atoms with Crippen molar-refractivity contribution in [2.75, 3.05) is 0 Å². The molecule has 6 nitrogen and oxygen atoms in total. The van der Waals surface area contributed by atoms with Crippen LogP contribution in [0.4, 0.5) is 0 Å². The van der Waals surface area contributed by atoms with Crippen LogP contribution in [0.15, 0.2) is 0 Å². The van der Waals surface area contributed by atoms with Gasteiger partial charge in [0.2, 0.25) is 10.3 Å². The van der Waals surface area contributed by atoms with Crippen LogP contribution in [0.5, 0.6) is 0 Å². The highest BCUT2D eigenvalue weighted by molar-refractivity contribution is 7.82. The molecule has 0 rings (SSSR count). The van der Waals surface area contributed by atoms with Gasteiger partial charge in [0, 0.05) is 0 Å². The number of rotatable bonds is 2. The molecule has 1 N–H and O–H groups in total. The molecule has 9 heavy (non-hydrogen) atoms. The largest absolute Gasteiger partial charge is 0.402 e. The summed E-state index contributed by atoms with van der Waals surface area (Å²) < 4.78 is 49.1. The number of hydrogen-bond acceptors (Lipinski definition) is 5. The highest BCUT2D eigenvalue weighted by atomic mass is 32.3. The van der Waals surface area contributed by atoms with Gasteiger partial charge >= 0.3 is 10.4 Å². The smallest absolute Gasteiger partial charge is 0.263 e. The van der Waals surface area contributed by atoms with Gasteiger partial charge in [-0.2, -0.15) is 16.8 Å². The molecule has 54 valence electrons. The molecule has 0 fully saturated rings. The molecule has 8 heteroatoms. The summed E-state index contributed by atoms with van der Waals surface area (Å²) in [5.41, 5.74) is -0.0463. The Labute approximate surface area is 52.6 Å². The van der Waals surface area contributed by atoms with Crippen LogP contribution in [0.2, 0.25) is 0 Å². The van der Waals surface area contributed by atoms with Gasteiger partial charge in [0.1, 0.15) is 0 Å². The molecule has 0 bridgehead atoms. The molecule has 0 saturated carbocycles. The second-order valence-electron chi connectivity index (χ2n) is 0.881. The van der Waals surface area contributed by atoms with Crippen LogP contribution in [0.3, 0.4) is 0 Å². The first-order valence-electron chi connectivity index (χ1n) is 1.49. The van der Waals surface area contributed by atoms with Crippen molar-refractivity contribution in [3.05, 3.63) is 0 Å². The molecule has 0 atom stereocenters. The average molecular weight is 174 g/mol. The zero-order valence-corrected chi connectivity index (χ0v) is 5.52. The maximum absolute atomic E-state index is 9.56. The quantitative estimate of drug-likeness (QED) is 0.401. The van der Waals surface area contributed by atoms with Crippen molar-refractivity contribution in [2.45, 2.75) is 0 Å². The molecule has 0 spiro atoms. The lowest BCUT2D eigenvalue weighted by Gasteiger charge is -1.82. The SMILES string of the molecule is O=S(=O)=COS(=O)(=O)O. The van der Waals surface area contributed by atoms with Crippen molar-refractivity contribution in [3.8, 4) is 0 Å². The highest BCUT2D eigenvalue weighted by Crippen LogP contribution is 1.77. The minimum Gasteiger partial charge on any atom is -0.263 e. The Morgan fingerprint density at radius 3 is 2.00 bits per heavy atom. The van der Waals surface area contributed by atoms with Crippen LogP contribution in [-0.2, 0) is 24.9 Å². The van der Waals surface area contributed by atoms with Gasteiger partial charge in [0.15, 0.2) is 5.55 Å². The molecule has 0 unspecified atom stereocenters. The van der Waals surface area contributed by atoms with Crippen molar-refractivity contribution < 1.29 is 25.6 Å². The van der Waals surface area contributed by atoms with Gasteiger partial charge in [0.05, 0.1) is 0 Å². The third-order valence-corrected chi connectivity index (χ3v) is 0.954. The third-order valence-electron chi connectivity index (χ3n) is 0.239. The standard InChI is InChI=1S/CH2O6S2/c2-8(3)1-7-9(4,5)6/h1H,(H,4,5,6). The van der Waals surface area contributed by atoms with Gasteiger partial charge in [-0.15, -0.1) is 0 Å². The van der Waals surface area contributed by atoms with Crippen molar-refractivity contribution in [2.24, 2.45) is 0 Å². The van der Waals surface area contributed by atoms with Gasteiger partial charge in [-0.3, -0.25) is 4.55 Å². The van der Waals surface area contributed by atoms with Crippen molar-refractivity contribution in [3.63, 3.8) is 0 Å². The summed E-state index contributed by atoms with van der Waals surface area (Å²) in [6, 6.07) is 0. The molecule has 0 amide bonds. The van der Waals surface area contributed by atoms with E-state index in [2.05, 4.69) is 4.18 Å². The first-order valence-corrected chi connectivity index (χ1v) is 3.99. The Kier molecular flexibility index (Phi) is 2.77. The second kappa shape index (κ2) is 2.92. The molecule has 0 radical (unpaired) electrons. The summed E-state index contributed by atoms with van der Waals surface area (Å²) in [5, 5.41) is 0. The van der Waals surface area contributed by atoms with Crippen molar-refractivity contribution in [1.82, 2.24) is 0 Å². The van der Waals surface area contributed by atoms with Gasteiger partial charge in [-0.05, 0) is 0 Å².